The Bertz CT molecular complexity index is 1250. The minimum Gasteiger partial charge on any atom is -0.504 e. The molecular weight excluding hydrogens is 382 g/mol. The van der Waals surface area contributed by atoms with E-state index in [9.17, 15) is 10.4 Å². The topological polar surface area (TPSA) is 100 Å². The lowest BCUT2D eigenvalue weighted by molar-refractivity contribution is 0.354. The quantitative estimate of drug-likeness (QED) is 0.695. The SMILES string of the molecule is COc1cc(-c2cc3n(c(=N)c2C#N)CCc2cc(OC)c(OC)cc2-3)ccc1O. The largest absolute Gasteiger partial charge is 0.504 e. The number of pyridine rings is 1. The Morgan fingerprint density at radius 1 is 0.967 bits per heavy atom. The van der Waals surface area contributed by atoms with Crippen LogP contribution < -0.4 is 19.7 Å². The van der Waals surface area contributed by atoms with Gasteiger partial charge in [0.2, 0.25) is 0 Å². The standard InChI is InChI=1S/C23H21N3O4/c1-28-20-8-13(4-5-19(20)27)15-10-18-16-11-22(30-3)21(29-2)9-14(16)6-7-26(18)23(25)17(15)12-24/h4-5,8-11,25,27H,6-7H2,1-3H3. The summed E-state index contributed by atoms with van der Waals surface area (Å²) in [6.45, 7) is 0.588. The maximum Gasteiger partial charge on any atom is 0.161 e. The molecule has 0 amide bonds. The lowest BCUT2D eigenvalue weighted by Crippen LogP contribution is -2.28. The number of methoxy groups -OCH3 is 3. The van der Waals surface area contributed by atoms with Crippen LogP contribution in [-0.4, -0.2) is 31.0 Å². The molecule has 1 aliphatic rings. The summed E-state index contributed by atoms with van der Waals surface area (Å²) in [5, 5.41) is 28.4. The zero-order valence-electron chi connectivity index (χ0n) is 16.9. The van der Waals surface area contributed by atoms with Crippen LogP contribution in [0.5, 0.6) is 23.0 Å². The highest BCUT2D eigenvalue weighted by atomic mass is 16.5. The molecule has 0 saturated heterocycles. The lowest BCUT2D eigenvalue weighted by atomic mass is 9.92. The highest BCUT2D eigenvalue weighted by Gasteiger charge is 2.23. The molecule has 0 fully saturated rings. The van der Waals surface area contributed by atoms with E-state index in [4.69, 9.17) is 19.6 Å². The van der Waals surface area contributed by atoms with Crippen molar-refractivity contribution in [2.45, 2.75) is 13.0 Å². The molecule has 7 heteroatoms. The number of aryl methyl sites for hydroxylation is 1. The first-order valence-electron chi connectivity index (χ1n) is 9.37. The molecule has 0 bridgehead atoms. The van der Waals surface area contributed by atoms with Crippen LogP contribution in [0.4, 0.5) is 0 Å². The first-order valence-corrected chi connectivity index (χ1v) is 9.37. The van der Waals surface area contributed by atoms with E-state index in [0.29, 0.717) is 34.9 Å². The van der Waals surface area contributed by atoms with Crippen LogP contribution in [-0.2, 0) is 13.0 Å². The van der Waals surface area contributed by atoms with Crippen molar-refractivity contribution in [1.82, 2.24) is 4.57 Å². The number of nitrogens with one attached hydrogen (secondary N) is 1. The predicted octanol–water partition coefficient (Wildman–Crippen LogP) is 3.46. The normalized spacial score (nSPS) is 11.8. The van der Waals surface area contributed by atoms with E-state index >= 15 is 0 Å². The third kappa shape index (κ3) is 2.94. The zero-order valence-corrected chi connectivity index (χ0v) is 16.9. The van der Waals surface area contributed by atoms with Crippen LogP contribution in [0.2, 0.25) is 0 Å². The van der Waals surface area contributed by atoms with Crippen molar-refractivity contribution in [3.8, 4) is 51.5 Å². The number of hydrogen-bond donors (Lipinski definition) is 2. The second-order valence-corrected chi connectivity index (χ2v) is 6.93. The van der Waals surface area contributed by atoms with Gasteiger partial charge >= 0.3 is 0 Å². The Balaban J connectivity index is 2.01. The molecule has 152 valence electrons. The van der Waals surface area contributed by atoms with Crippen molar-refractivity contribution < 1.29 is 19.3 Å². The molecule has 2 heterocycles. The summed E-state index contributed by atoms with van der Waals surface area (Å²) in [7, 11) is 4.66. The molecule has 0 radical (unpaired) electrons. The molecule has 0 aliphatic carbocycles. The highest BCUT2D eigenvalue weighted by Crippen LogP contribution is 2.40. The zero-order chi connectivity index (χ0) is 21.4. The Labute approximate surface area is 173 Å². The first-order chi connectivity index (χ1) is 14.5. The minimum atomic E-state index is 0.0142. The fourth-order valence-electron chi connectivity index (χ4n) is 3.91. The summed E-state index contributed by atoms with van der Waals surface area (Å²) in [4.78, 5) is 0. The molecule has 2 N–H and O–H groups in total. The molecule has 3 aromatic rings. The molecule has 0 atom stereocenters. The molecule has 1 aliphatic heterocycles. The number of aromatic nitrogens is 1. The molecular formula is C23H21N3O4. The van der Waals surface area contributed by atoms with Gasteiger partial charge in [-0.3, -0.25) is 5.41 Å². The molecule has 0 saturated carbocycles. The number of aromatic hydroxyl groups is 1. The fourth-order valence-corrected chi connectivity index (χ4v) is 3.91. The Morgan fingerprint density at radius 2 is 1.67 bits per heavy atom. The number of phenols is 1. The average molecular weight is 403 g/mol. The molecule has 0 unspecified atom stereocenters. The Morgan fingerprint density at radius 3 is 2.33 bits per heavy atom. The lowest BCUT2D eigenvalue weighted by Gasteiger charge is -2.25. The number of nitrogens with zero attached hydrogens (tertiary/aromatic N) is 2. The summed E-state index contributed by atoms with van der Waals surface area (Å²) in [6.07, 6.45) is 0.719. The van der Waals surface area contributed by atoms with Gasteiger partial charge in [0.15, 0.2) is 23.0 Å². The summed E-state index contributed by atoms with van der Waals surface area (Å²) >= 11 is 0. The van der Waals surface area contributed by atoms with E-state index in [1.165, 1.54) is 13.2 Å². The predicted molar refractivity (Wildman–Crippen MR) is 111 cm³/mol. The van der Waals surface area contributed by atoms with Crippen molar-refractivity contribution in [2.24, 2.45) is 0 Å². The van der Waals surface area contributed by atoms with E-state index in [-0.39, 0.29) is 16.8 Å². The molecule has 7 nitrogen and oxygen atoms in total. The number of benzene rings is 2. The molecule has 0 spiro atoms. The molecule has 30 heavy (non-hydrogen) atoms. The van der Waals surface area contributed by atoms with Gasteiger partial charge in [0.1, 0.15) is 17.1 Å². The third-order valence-corrected chi connectivity index (χ3v) is 5.44. The monoisotopic (exact) mass is 403 g/mol. The summed E-state index contributed by atoms with van der Waals surface area (Å²) in [5.41, 5.74) is 4.56. The summed E-state index contributed by atoms with van der Waals surface area (Å²) in [6, 6.07) is 12.9. The van der Waals surface area contributed by atoms with Gasteiger partial charge in [0.25, 0.3) is 0 Å². The number of phenolic OH excluding ortho intramolecular Hbond substituents is 1. The van der Waals surface area contributed by atoms with Crippen LogP contribution in [0.3, 0.4) is 0 Å². The fraction of sp³-hybridized carbons (Fsp3) is 0.217. The average Bonchev–Trinajstić information content (AvgIpc) is 2.78. The summed E-state index contributed by atoms with van der Waals surface area (Å²) in [5.74, 6) is 1.59. The number of ether oxygens (including phenoxy) is 3. The van der Waals surface area contributed by atoms with Gasteiger partial charge in [-0.2, -0.15) is 5.26 Å². The van der Waals surface area contributed by atoms with E-state index in [1.807, 2.05) is 22.8 Å². The number of nitriles is 1. The maximum atomic E-state index is 9.94. The van der Waals surface area contributed by atoms with Gasteiger partial charge in [-0.25, -0.2) is 0 Å². The van der Waals surface area contributed by atoms with Gasteiger partial charge in [0, 0.05) is 17.7 Å². The number of fused-ring (bicyclic) bond motifs is 3. The smallest absolute Gasteiger partial charge is 0.161 e. The second kappa shape index (κ2) is 7.48. The van der Waals surface area contributed by atoms with Crippen molar-refractivity contribution in [1.29, 1.82) is 10.7 Å². The van der Waals surface area contributed by atoms with Gasteiger partial charge in [0.05, 0.1) is 27.0 Å². The van der Waals surface area contributed by atoms with Gasteiger partial charge < -0.3 is 23.9 Å². The van der Waals surface area contributed by atoms with Crippen molar-refractivity contribution in [3.63, 3.8) is 0 Å². The maximum absolute atomic E-state index is 9.94. The Hall–Kier alpha value is -3.92. The van der Waals surface area contributed by atoms with E-state index in [2.05, 4.69) is 6.07 Å². The third-order valence-electron chi connectivity index (χ3n) is 5.44. The van der Waals surface area contributed by atoms with Crippen molar-refractivity contribution >= 4 is 0 Å². The number of hydrogen-bond acceptors (Lipinski definition) is 6. The number of rotatable bonds is 4. The second-order valence-electron chi connectivity index (χ2n) is 6.93. The minimum absolute atomic E-state index is 0.0142. The Kier molecular flexibility index (Phi) is 4.84. The van der Waals surface area contributed by atoms with E-state index in [0.717, 1.165) is 23.2 Å². The summed E-state index contributed by atoms with van der Waals surface area (Å²) < 4.78 is 18.0. The first kappa shape index (κ1) is 19.4. The molecule has 4 rings (SSSR count). The molecule has 1 aromatic heterocycles. The van der Waals surface area contributed by atoms with E-state index in [1.54, 1.807) is 26.4 Å². The van der Waals surface area contributed by atoms with Crippen LogP contribution >= 0.6 is 0 Å². The van der Waals surface area contributed by atoms with Crippen molar-refractivity contribution in [2.75, 3.05) is 21.3 Å². The van der Waals surface area contributed by atoms with Gasteiger partial charge in [-0.1, -0.05) is 6.07 Å². The van der Waals surface area contributed by atoms with Crippen molar-refractivity contribution in [3.05, 3.63) is 53.0 Å². The van der Waals surface area contributed by atoms with Gasteiger partial charge in [-0.05, 0) is 47.9 Å². The van der Waals surface area contributed by atoms with Gasteiger partial charge in [-0.15, -0.1) is 0 Å². The molecule has 2 aromatic carbocycles. The van der Waals surface area contributed by atoms with Crippen LogP contribution in [0, 0.1) is 16.7 Å². The van der Waals surface area contributed by atoms with E-state index < -0.39 is 0 Å². The van der Waals surface area contributed by atoms with Crippen LogP contribution in [0.25, 0.3) is 22.4 Å². The van der Waals surface area contributed by atoms with Crippen LogP contribution in [0.1, 0.15) is 11.1 Å². The van der Waals surface area contributed by atoms with Crippen LogP contribution in [0.15, 0.2) is 36.4 Å². The highest BCUT2D eigenvalue weighted by molar-refractivity contribution is 5.79.